The molecule has 0 amide bonds. The molecular formula is C10H13ClFNO2. The normalized spacial score (nSPS) is 10.2. The van der Waals surface area contributed by atoms with Crippen LogP contribution in [0.5, 0.6) is 11.5 Å². The van der Waals surface area contributed by atoms with Crippen LogP contribution < -0.4 is 14.8 Å². The fraction of sp³-hybridized carbons (Fsp3) is 0.400. The van der Waals surface area contributed by atoms with Crippen molar-refractivity contribution in [2.45, 2.75) is 6.54 Å². The molecule has 0 aliphatic rings. The highest BCUT2D eigenvalue weighted by Crippen LogP contribution is 2.38. The van der Waals surface area contributed by atoms with Crippen molar-refractivity contribution < 1.29 is 13.9 Å². The van der Waals surface area contributed by atoms with Crippen LogP contribution in [-0.2, 0) is 6.54 Å². The Labute approximate surface area is 93.1 Å². The molecule has 15 heavy (non-hydrogen) atoms. The number of halogens is 2. The van der Waals surface area contributed by atoms with Crippen molar-refractivity contribution in [3.63, 3.8) is 0 Å². The van der Waals surface area contributed by atoms with Crippen molar-refractivity contribution in [2.24, 2.45) is 0 Å². The zero-order valence-corrected chi connectivity index (χ0v) is 9.61. The minimum absolute atomic E-state index is 0.0536. The number of hydrogen-bond acceptors (Lipinski definition) is 3. The van der Waals surface area contributed by atoms with Gasteiger partial charge in [0.1, 0.15) is 10.8 Å². The lowest BCUT2D eigenvalue weighted by Crippen LogP contribution is -2.08. The van der Waals surface area contributed by atoms with Gasteiger partial charge in [0.2, 0.25) is 0 Å². The van der Waals surface area contributed by atoms with E-state index in [-0.39, 0.29) is 10.8 Å². The Kier molecular flexibility index (Phi) is 4.17. The summed E-state index contributed by atoms with van der Waals surface area (Å²) in [6.45, 7) is 0.381. The second-order valence-electron chi connectivity index (χ2n) is 2.93. The molecular weight excluding hydrogens is 221 g/mol. The summed E-state index contributed by atoms with van der Waals surface area (Å²) in [7, 11) is 4.63. The van der Waals surface area contributed by atoms with Gasteiger partial charge in [-0.1, -0.05) is 11.6 Å². The quantitative estimate of drug-likeness (QED) is 0.865. The van der Waals surface area contributed by atoms with E-state index < -0.39 is 5.82 Å². The van der Waals surface area contributed by atoms with Crippen molar-refractivity contribution in [2.75, 3.05) is 21.3 Å². The summed E-state index contributed by atoms with van der Waals surface area (Å²) in [5.41, 5.74) is 0.445. The largest absolute Gasteiger partial charge is 0.493 e. The molecule has 1 N–H and O–H groups in total. The minimum atomic E-state index is -0.483. The van der Waals surface area contributed by atoms with Crippen molar-refractivity contribution in [1.29, 1.82) is 0 Å². The summed E-state index contributed by atoms with van der Waals surface area (Å²) in [5, 5.41) is 2.79. The van der Waals surface area contributed by atoms with Crippen LogP contribution >= 0.6 is 11.6 Å². The maximum absolute atomic E-state index is 13.6. The standard InChI is InChI=1S/C10H13ClFNO2/c1-13-5-6-4-7(14-2)10(15-3)8(11)9(6)12/h4,13H,5H2,1-3H3. The van der Waals surface area contributed by atoms with E-state index in [4.69, 9.17) is 21.1 Å². The Morgan fingerprint density at radius 3 is 2.53 bits per heavy atom. The van der Waals surface area contributed by atoms with Crippen molar-refractivity contribution >= 4 is 11.6 Å². The van der Waals surface area contributed by atoms with Gasteiger partial charge in [-0.25, -0.2) is 4.39 Å². The highest BCUT2D eigenvalue weighted by atomic mass is 35.5. The van der Waals surface area contributed by atoms with Crippen LogP contribution in [-0.4, -0.2) is 21.3 Å². The number of nitrogens with one attached hydrogen (secondary N) is 1. The molecule has 0 radical (unpaired) electrons. The summed E-state index contributed by atoms with van der Waals surface area (Å²) >= 11 is 5.81. The van der Waals surface area contributed by atoms with E-state index in [1.54, 1.807) is 13.1 Å². The summed E-state index contributed by atoms with van der Waals surface area (Å²) < 4.78 is 23.7. The van der Waals surface area contributed by atoms with Gasteiger partial charge in [-0.15, -0.1) is 0 Å². The third-order valence-electron chi connectivity index (χ3n) is 1.99. The lowest BCUT2D eigenvalue weighted by Gasteiger charge is -2.12. The first-order chi connectivity index (χ1) is 7.15. The van der Waals surface area contributed by atoms with Crippen molar-refractivity contribution in [1.82, 2.24) is 5.32 Å². The molecule has 5 heteroatoms. The number of rotatable bonds is 4. The molecule has 0 aliphatic heterocycles. The van der Waals surface area contributed by atoms with E-state index in [0.717, 1.165) is 0 Å². The van der Waals surface area contributed by atoms with Gasteiger partial charge < -0.3 is 14.8 Å². The number of hydrogen-bond donors (Lipinski definition) is 1. The van der Waals surface area contributed by atoms with Gasteiger partial charge in [0.05, 0.1) is 14.2 Å². The molecule has 1 aromatic rings. The fourth-order valence-electron chi connectivity index (χ4n) is 1.30. The Hall–Kier alpha value is -1.00. The predicted molar refractivity (Wildman–Crippen MR) is 57.3 cm³/mol. The molecule has 84 valence electrons. The van der Waals surface area contributed by atoms with E-state index in [2.05, 4.69) is 5.32 Å². The maximum atomic E-state index is 13.6. The molecule has 0 atom stereocenters. The minimum Gasteiger partial charge on any atom is -0.493 e. The lowest BCUT2D eigenvalue weighted by molar-refractivity contribution is 0.351. The lowest BCUT2D eigenvalue weighted by atomic mass is 10.2. The van der Waals surface area contributed by atoms with Crippen LogP contribution in [0.1, 0.15) is 5.56 Å². The number of benzene rings is 1. The van der Waals surface area contributed by atoms with Crippen LogP contribution in [0.3, 0.4) is 0 Å². The van der Waals surface area contributed by atoms with Crippen LogP contribution in [0.4, 0.5) is 4.39 Å². The number of methoxy groups -OCH3 is 2. The van der Waals surface area contributed by atoms with E-state index in [1.807, 2.05) is 0 Å². The summed E-state index contributed by atoms with van der Waals surface area (Å²) in [5.74, 6) is 0.161. The first-order valence-electron chi connectivity index (χ1n) is 4.39. The molecule has 0 aromatic heterocycles. The predicted octanol–water partition coefficient (Wildman–Crippen LogP) is 2.22. The highest BCUT2D eigenvalue weighted by molar-refractivity contribution is 6.32. The second kappa shape index (κ2) is 5.19. The molecule has 0 bridgehead atoms. The van der Waals surface area contributed by atoms with Crippen LogP contribution in [0.2, 0.25) is 5.02 Å². The average molecular weight is 234 g/mol. The first kappa shape index (κ1) is 12.1. The fourth-order valence-corrected chi connectivity index (χ4v) is 1.59. The average Bonchev–Trinajstić information content (AvgIpc) is 2.24. The van der Waals surface area contributed by atoms with Crippen molar-refractivity contribution in [3.05, 3.63) is 22.5 Å². The molecule has 0 spiro atoms. The third kappa shape index (κ3) is 2.33. The van der Waals surface area contributed by atoms with Gasteiger partial charge in [-0.05, 0) is 13.1 Å². The van der Waals surface area contributed by atoms with Crippen LogP contribution in [0, 0.1) is 5.82 Å². The van der Waals surface area contributed by atoms with Gasteiger partial charge in [0, 0.05) is 12.1 Å². The van der Waals surface area contributed by atoms with E-state index in [0.29, 0.717) is 17.9 Å². The Morgan fingerprint density at radius 1 is 1.40 bits per heavy atom. The summed E-state index contributed by atoms with van der Waals surface area (Å²) in [6.07, 6.45) is 0. The molecule has 0 saturated heterocycles. The van der Waals surface area contributed by atoms with Gasteiger partial charge >= 0.3 is 0 Å². The SMILES string of the molecule is CNCc1cc(OC)c(OC)c(Cl)c1F. The number of ether oxygens (including phenoxy) is 2. The molecule has 1 aromatic carbocycles. The molecule has 0 unspecified atom stereocenters. The summed E-state index contributed by atoms with van der Waals surface area (Å²) in [4.78, 5) is 0. The topological polar surface area (TPSA) is 30.5 Å². The Balaban J connectivity index is 3.29. The highest BCUT2D eigenvalue weighted by Gasteiger charge is 2.17. The van der Waals surface area contributed by atoms with Crippen molar-refractivity contribution in [3.8, 4) is 11.5 Å². The zero-order valence-electron chi connectivity index (χ0n) is 8.86. The molecule has 0 fully saturated rings. The Bertz CT molecular complexity index is 358. The van der Waals surface area contributed by atoms with Crippen LogP contribution in [0.15, 0.2) is 6.07 Å². The van der Waals surface area contributed by atoms with E-state index in [1.165, 1.54) is 14.2 Å². The molecule has 0 aliphatic carbocycles. The monoisotopic (exact) mass is 233 g/mol. The molecule has 0 heterocycles. The van der Waals surface area contributed by atoms with Gasteiger partial charge in [-0.3, -0.25) is 0 Å². The Morgan fingerprint density at radius 2 is 2.07 bits per heavy atom. The molecule has 3 nitrogen and oxygen atoms in total. The van der Waals surface area contributed by atoms with Gasteiger partial charge in [0.25, 0.3) is 0 Å². The van der Waals surface area contributed by atoms with E-state index >= 15 is 0 Å². The maximum Gasteiger partial charge on any atom is 0.182 e. The zero-order chi connectivity index (χ0) is 11.4. The van der Waals surface area contributed by atoms with E-state index in [9.17, 15) is 4.39 Å². The summed E-state index contributed by atoms with van der Waals surface area (Å²) in [6, 6.07) is 1.57. The molecule has 1 rings (SSSR count). The van der Waals surface area contributed by atoms with Gasteiger partial charge in [0.15, 0.2) is 11.5 Å². The molecule has 0 saturated carbocycles. The smallest absolute Gasteiger partial charge is 0.182 e. The first-order valence-corrected chi connectivity index (χ1v) is 4.77. The third-order valence-corrected chi connectivity index (χ3v) is 2.33. The second-order valence-corrected chi connectivity index (χ2v) is 3.31. The van der Waals surface area contributed by atoms with Gasteiger partial charge in [-0.2, -0.15) is 0 Å². The van der Waals surface area contributed by atoms with Crippen LogP contribution in [0.25, 0.3) is 0 Å².